The number of aromatic nitrogens is 1. The van der Waals surface area contributed by atoms with Gasteiger partial charge in [0.15, 0.2) is 0 Å². The van der Waals surface area contributed by atoms with Gasteiger partial charge in [0.1, 0.15) is 24.4 Å². The molecule has 1 aromatic carbocycles. The number of amides is 1. The molecule has 1 aromatic heterocycles. The highest BCUT2D eigenvalue weighted by Gasteiger charge is 2.42. The average molecular weight is 348 g/mol. The fourth-order valence-corrected chi connectivity index (χ4v) is 3.28. The Balaban J connectivity index is 1.86. The van der Waals surface area contributed by atoms with Crippen molar-refractivity contribution in [1.29, 1.82) is 0 Å². The van der Waals surface area contributed by atoms with Gasteiger partial charge in [0.2, 0.25) is 5.91 Å². The van der Waals surface area contributed by atoms with E-state index in [1.165, 1.54) is 6.92 Å². The Labute approximate surface area is 145 Å². The molecule has 0 aliphatic carbocycles. The number of benzene rings is 1. The van der Waals surface area contributed by atoms with E-state index >= 15 is 0 Å². The summed E-state index contributed by atoms with van der Waals surface area (Å²) in [6.45, 7) is 3.69. The molecule has 5 N–H and O–H groups in total. The summed E-state index contributed by atoms with van der Waals surface area (Å²) in [7, 11) is 0. The third-order valence-electron chi connectivity index (χ3n) is 4.74. The van der Waals surface area contributed by atoms with E-state index in [9.17, 15) is 20.1 Å². The van der Waals surface area contributed by atoms with Crippen LogP contribution in [0.25, 0.3) is 10.9 Å². The van der Waals surface area contributed by atoms with Crippen molar-refractivity contribution in [2.45, 2.75) is 50.8 Å². The number of aliphatic hydroxyl groups excluding tert-OH is 3. The Morgan fingerprint density at radius 2 is 2.00 bits per heavy atom. The van der Waals surface area contributed by atoms with Crippen molar-refractivity contribution in [3.05, 3.63) is 35.5 Å². The van der Waals surface area contributed by atoms with Gasteiger partial charge >= 0.3 is 0 Å². The quantitative estimate of drug-likeness (QED) is 0.548. The predicted octanol–water partition coefficient (Wildman–Crippen LogP) is 0.389. The predicted molar refractivity (Wildman–Crippen MR) is 92.0 cm³/mol. The number of H-pyrrole nitrogens is 1. The molecule has 0 bridgehead atoms. The van der Waals surface area contributed by atoms with Crippen molar-refractivity contribution >= 4 is 16.8 Å². The molecule has 0 spiro atoms. The number of aromatic amines is 1. The molecule has 2 heterocycles. The van der Waals surface area contributed by atoms with Crippen molar-refractivity contribution in [2.24, 2.45) is 0 Å². The molecule has 1 aliphatic rings. The highest BCUT2D eigenvalue weighted by molar-refractivity contribution is 5.84. The molecule has 7 heteroatoms. The molecule has 3 rings (SSSR count). The second kappa shape index (κ2) is 7.13. The normalized spacial score (nSPS) is 29.7. The van der Waals surface area contributed by atoms with Crippen LogP contribution in [0.5, 0.6) is 0 Å². The average Bonchev–Trinajstić information content (AvgIpc) is 2.98. The van der Waals surface area contributed by atoms with Crippen molar-refractivity contribution in [1.82, 2.24) is 10.3 Å². The molecule has 0 saturated carbocycles. The monoisotopic (exact) mass is 348 g/mol. The van der Waals surface area contributed by atoms with Crippen LogP contribution in [-0.4, -0.2) is 57.2 Å². The number of fused-ring (bicyclic) bond motifs is 1. The van der Waals surface area contributed by atoms with E-state index in [0.29, 0.717) is 13.0 Å². The minimum Gasteiger partial charge on any atom is -0.388 e. The van der Waals surface area contributed by atoms with E-state index in [-0.39, 0.29) is 5.91 Å². The van der Waals surface area contributed by atoms with Gasteiger partial charge < -0.3 is 30.4 Å². The lowest BCUT2D eigenvalue weighted by Crippen LogP contribution is -2.53. The number of carbonyl (C=O) groups is 1. The van der Waals surface area contributed by atoms with Gasteiger partial charge in [-0.2, -0.15) is 0 Å². The van der Waals surface area contributed by atoms with Gasteiger partial charge in [-0.05, 0) is 36.6 Å². The molecule has 0 unspecified atom stereocenters. The summed E-state index contributed by atoms with van der Waals surface area (Å²) in [5.41, 5.74) is 2.73. The van der Waals surface area contributed by atoms with Gasteiger partial charge in [-0.25, -0.2) is 0 Å². The molecule has 5 atom stereocenters. The summed E-state index contributed by atoms with van der Waals surface area (Å²) in [6, 6.07) is 5.64. The van der Waals surface area contributed by atoms with Gasteiger partial charge in [-0.1, -0.05) is 6.07 Å². The van der Waals surface area contributed by atoms with E-state index < -0.39 is 30.5 Å². The summed E-state index contributed by atoms with van der Waals surface area (Å²) in [5.74, 6) is -0.0687. The number of nitrogens with one attached hydrogen (secondary N) is 2. The minimum absolute atomic E-state index is 0.0687. The Bertz CT molecular complexity index is 759. The van der Waals surface area contributed by atoms with Crippen LogP contribution in [0.3, 0.4) is 0 Å². The molecule has 1 aliphatic heterocycles. The standard InChI is InChI=1S/C18H24N2O5/c1-9-15(22)16(23)17(24)18(25-9)11-3-4-14-13(7-11)12(8-20-14)5-6-19-10(2)21/h3-4,7-9,15-18,20,22-24H,5-6H2,1-2H3,(H,19,21)/t9-,15-,16+,17-,18+/m1/s1. The summed E-state index contributed by atoms with van der Waals surface area (Å²) in [5, 5.41) is 33.9. The number of ether oxygens (including phenoxy) is 1. The Kier molecular flexibility index (Phi) is 5.10. The van der Waals surface area contributed by atoms with E-state index in [4.69, 9.17) is 4.74 Å². The summed E-state index contributed by atoms with van der Waals surface area (Å²) in [4.78, 5) is 14.2. The number of aliphatic hydroxyl groups is 3. The van der Waals surface area contributed by atoms with Crippen LogP contribution in [0.2, 0.25) is 0 Å². The zero-order chi connectivity index (χ0) is 18.1. The van der Waals surface area contributed by atoms with E-state index in [1.54, 1.807) is 6.92 Å². The van der Waals surface area contributed by atoms with Crippen molar-refractivity contribution in [3.8, 4) is 0 Å². The van der Waals surface area contributed by atoms with Crippen LogP contribution < -0.4 is 5.32 Å². The molecule has 7 nitrogen and oxygen atoms in total. The molecule has 25 heavy (non-hydrogen) atoms. The number of hydrogen-bond acceptors (Lipinski definition) is 5. The van der Waals surface area contributed by atoms with Crippen LogP contribution in [-0.2, 0) is 16.0 Å². The lowest BCUT2D eigenvalue weighted by Gasteiger charge is -2.39. The van der Waals surface area contributed by atoms with Gasteiger partial charge in [-0.3, -0.25) is 4.79 Å². The molecule has 136 valence electrons. The summed E-state index contributed by atoms with van der Waals surface area (Å²) in [6.07, 6.45) is -2.29. The SMILES string of the molecule is CC(=O)NCCc1c[nH]c2ccc([C@@H]3O[C@H](C)[C@@H](O)[C@H](O)[C@H]3O)cc12. The molecule has 0 radical (unpaired) electrons. The fourth-order valence-electron chi connectivity index (χ4n) is 3.28. The van der Waals surface area contributed by atoms with Crippen LogP contribution in [0.1, 0.15) is 31.1 Å². The van der Waals surface area contributed by atoms with Crippen LogP contribution in [0, 0.1) is 0 Å². The van der Waals surface area contributed by atoms with Crippen LogP contribution in [0.15, 0.2) is 24.4 Å². The van der Waals surface area contributed by atoms with E-state index in [1.807, 2.05) is 24.4 Å². The first kappa shape index (κ1) is 17.9. The van der Waals surface area contributed by atoms with Crippen molar-refractivity contribution in [3.63, 3.8) is 0 Å². The van der Waals surface area contributed by atoms with E-state index in [0.717, 1.165) is 22.0 Å². The Hall–Kier alpha value is -1.93. The van der Waals surface area contributed by atoms with Crippen LogP contribution in [0.4, 0.5) is 0 Å². The fraction of sp³-hybridized carbons (Fsp3) is 0.500. The van der Waals surface area contributed by atoms with Gasteiger partial charge in [0.25, 0.3) is 0 Å². The third kappa shape index (κ3) is 3.55. The summed E-state index contributed by atoms with van der Waals surface area (Å²) >= 11 is 0. The van der Waals surface area contributed by atoms with Gasteiger partial charge in [-0.15, -0.1) is 0 Å². The number of hydrogen-bond donors (Lipinski definition) is 5. The number of rotatable bonds is 4. The molecular formula is C18H24N2O5. The lowest BCUT2D eigenvalue weighted by atomic mass is 9.91. The number of carbonyl (C=O) groups excluding carboxylic acids is 1. The maximum absolute atomic E-state index is 11.0. The molecule has 1 fully saturated rings. The first-order valence-electron chi connectivity index (χ1n) is 8.42. The smallest absolute Gasteiger partial charge is 0.216 e. The molecular weight excluding hydrogens is 324 g/mol. The maximum Gasteiger partial charge on any atom is 0.216 e. The summed E-state index contributed by atoms with van der Waals surface area (Å²) < 4.78 is 5.72. The van der Waals surface area contributed by atoms with E-state index in [2.05, 4.69) is 10.3 Å². The molecule has 2 aromatic rings. The first-order valence-corrected chi connectivity index (χ1v) is 8.42. The Morgan fingerprint density at radius 1 is 1.24 bits per heavy atom. The zero-order valence-corrected chi connectivity index (χ0v) is 14.3. The second-order valence-electron chi connectivity index (χ2n) is 6.59. The van der Waals surface area contributed by atoms with Crippen molar-refractivity contribution < 1.29 is 24.9 Å². The zero-order valence-electron chi connectivity index (χ0n) is 14.3. The maximum atomic E-state index is 11.0. The van der Waals surface area contributed by atoms with Crippen LogP contribution >= 0.6 is 0 Å². The van der Waals surface area contributed by atoms with Crippen molar-refractivity contribution in [2.75, 3.05) is 6.54 Å². The lowest BCUT2D eigenvalue weighted by molar-refractivity contribution is -0.219. The highest BCUT2D eigenvalue weighted by atomic mass is 16.5. The second-order valence-corrected chi connectivity index (χ2v) is 6.59. The first-order chi connectivity index (χ1) is 11.9. The molecule has 1 amide bonds. The van der Waals surface area contributed by atoms with Gasteiger partial charge in [0.05, 0.1) is 6.10 Å². The topological polar surface area (TPSA) is 115 Å². The molecule has 1 saturated heterocycles. The Morgan fingerprint density at radius 3 is 2.72 bits per heavy atom. The third-order valence-corrected chi connectivity index (χ3v) is 4.74. The highest BCUT2D eigenvalue weighted by Crippen LogP contribution is 2.34. The largest absolute Gasteiger partial charge is 0.388 e. The minimum atomic E-state index is -1.25. The van der Waals surface area contributed by atoms with Gasteiger partial charge in [0, 0.05) is 30.6 Å².